The van der Waals surface area contributed by atoms with Crippen molar-refractivity contribution in [1.82, 2.24) is 9.71 Å². The summed E-state index contributed by atoms with van der Waals surface area (Å²) in [5.41, 5.74) is 4.80. The maximum atomic E-state index is 11.5. The zero-order valence-corrected chi connectivity index (χ0v) is 9.05. The number of halogens is 1. The van der Waals surface area contributed by atoms with Gasteiger partial charge in [0.15, 0.2) is 0 Å². The first-order valence-corrected chi connectivity index (χ1v) is 5.67. The molecular weight excluding hydrogens is 242 g/mol. The summed E-state index contributed by atoms with van der Waals surface area (Å²) in [5, 5.41) is 0.0527. The van der Waals surface area contributed by atoms with Crippen molar-refractivity contribution in [2.45, 2.75) is 4.90 Å². The minimum atomic E-state index is -3.75. The molecule has 1 rings (SSSR count). The lowest BCUT2D eigenvalue weighted by atomic mass is 10.5. The minimum Gasteiger partial charge on any atom is -0.369 e. The average Bonchev–Trinajstić information content (AvgIpc) is 2.15. The second-order valence-corrected chi connectivity index (χ2v) is 4.76. The van der Waals surface area contributed by atoms with Crippen molar-refractivity contribution in [3.8, 4) is 0 Å². The summed E-state index contributed by atoms with van der Waals surface area (Å²) in [4.78, 5) is 14.0. The van der Waals surface area contributed by atoms with Gasteiger partial charge in [0.25, 0.3) is 0 Å². The van der Waals surface area contributed by atoms with E-state index in [9.17, 15) is 13.2 Å². The van der Waals surface area contributed by atoms with E-state index in [1.807, 2.05) is 4.72 Å². The van der Waals surface area contributed by atoms with Gasteiger partial charge in [-0.2, -0.15) is 0 Å². The molecule has 1 amide bonds. The van der Waals surface area contributed by atoms with Gasteiger partial charge in [0.05, 0.1) is 11.4 Å². The fraction of sp³-hybridized carbons (Fsp3) is 0.143. The third-order valence-corrected chi connectivity index (χ3v) is 3.05. The number of carbonyl (C=O) groups excluding carboxylic acids is 1. The van der Waals surface area contributed by atoms with Crippen molar-refractivity contribution in [2.24, 2.45) is 5.73 Å². The Balaban J connectivity index is 2.91. The highest BCUT2D eigenvalue weighted by atomic mass is 35.5. The first-order chi connectivity index (χ1) is 6.92. The average molecular weight is 250 g/mol. The van der Waals surface area contributed by atoms with Gasteiger partial charge >= 0.3 is 0 Å². The Morgan fingerprint density at radius 2 is 2.27 bits per heavy atom. The molecule has 0 saturated heterocycles. The quantitative estimate of drug-likeness (QED) is 0.702. The van der Waals surface area contributed by atoms with Gasteiger partial charge in [-0.25, -0.2) is 18.1 Å². The topological polar surface area (TPSA) is 102 Å². The standard InChI is InChI=1S/C7H8ClN3O3S/c8-6-3-5(1-2-10-6)15(13,14)11-4-7(9)12/h1-3,11H,4H2,(H2,9,12). The molecule has 0 spiro atoms. The molecule has 3 N–H and O–H groups in total. The normalized spacial score (nSPS) is 11.3. The number of hydrogen-bond donors (Lipinski definition) is 2. The van der Waals surface area contributed by atoms with Crippen LogP contribution in [0.25, 0.3) is 0 Å². The minimum absolute atomic E-state index is 0.0527. The second kappa shape index (κ2) is 4.56. The number of nitrogens with one attached hydrogen (secondary N) is 1. The van der Waals surface area contributed by atoms with Crippen molar-refractivity contribution in [2.75, 3.05) is 6.54 Å². The molecule has 0 bridgehead atoms. The third kappa shape index (κ3) is 3.46. The molecule has 0 atom stereocenters. The molecule has 0 unspecified atom stereocenters. The SMILES string of the molecule is NC(=O)CNS(=O)(=O)c1ccnc(Cl)c1. The summed E-state index contributed by atoms with van der Waals surface area (Å²) < 4.78 is 25.0. The van der Waals surface area contributed by atoms with Crippen LogP contribution in [0, 0.1) is 0 Å². The molecule has 0 aromatic carbocycles. The van der Waals surface area contributed by atoms with Crippen LogP contribution in [0.1, 0.15) is 0 Å². The van der Waals surface area contributed by atoms with Gasteiger partial charge in [-0.15, -0.1) is 0 Å². The zero-order chi connectivity index (χ0) is 11.5. The Hall–Kier alpha value is -1.18. The molecule has 1 aromatic rings. The Labute approximate surface area is 91.5 Å². The van der Waals surface area contributed by atoms with E-state index >= 15 is 0 Å². The maximum Gasteiger partial charge on any atom is 0.241 e. The van der Waals surface area contributed by atoms with Gasteiger partial charge in [0.2, 0.25) is 15.9 Å². The highest BCUT2D eigenvalue weighted by Gasteiger charge is 2.14. The lowest BCUT2D eigenvalue weighted by molar-refractivity contribution is -0.116. The van der Waals surface area contributed by atoms with Gasteiger partial charge in [0, 0.05) is 6.20 Å². The number of aromatic nitrogens is 1. The van der Waals surface area contributed by atoms with Crippen LogP contribution in [0.15, 0.2) is 23.2 Å². The Morgan fingerprint density at radius 3 is 2.80 bits per heavy atom. The lowest BCUT2D eigenvalue weighted by Gasteiger charge is -2.04. The van der Waals surface area contributed by atoms with Crippen LogP contribution < -0.4 is 10.5 Å². The highest BCUT2D eigenvalue weighted by molar-refractivity contribution is 7.89. The number of carbonyl (C=O) groups is 1. The van der Waals surface area contributed by atoms with E-state index in [2.05, 4.69) is 4.98 Å². The monoisotopic (exact) mass is 249 g/mol. The maximum absolute atomic E-state index is 11.5. The van der Waals surface area contributed by atoms with E-state index in [-0.39, 0.29) is 10.0 Å². The summed E-state index contributed by atoms with van der Waals surface area (Å²) in [5.74, 6) is -0.765. The molecule has 0 aliphatic rings. The molecular formula is C7H8ClN3O3S. The van der Waals surface area contributed by atoms with Crippen LogP contribution in [0.3, 0.4) is 0 Å². The lowest BCUT2D eigenvalue weighted by Crippen LogP contribution is -2.33. The number of amides is 1. The molecule has 1 heterocycles. The van der Waals surface area contributed by atoms with E-state index in [1.165, 1.54) is 18.3 Å². The molecule has 0 radical (unpaired) electrons. The van der Waals surface area contributed by atoms with Crippen LogP contribution in [0.2, 0.25) is 5.15 Å². The van der Waals surface area contributed by atoms with E-state index in [4.69, 9.17) is 17.3 Å². The van der Waals surface area contributed by atoms with Crippen molar-refractivity contribution in [3.63, 3.8) is 0 Å². The number of nitrogens with two attached hydrogens (primary N) is 1. The molecule has 0 saturated carbocycles. The van der Waals surface area contributed by atoms with Crippen LogP contribution >= 0.6 is 11.6 Å². The molecule has 0 fully saturated rings. The van der Waals surface area contributed by atoms with E-state index in [1.54, 1.807) is 0 Å². The van der Waals surface area contributed by atoms with Gasteiger partial charge in [0.1, 0.15) is 5.15 Å². The van der Waals surface area contributed by atoms with Crippen molar-refractivity contribution in [1.29, 1.82) is 0 Å². The van der Waals surface area contributed by atoms with Gasteiger partial charge in [-0.1, -0.05) is 11.6 Å². The third-order valence-electron chi connectivity index (χ3n) is 1.44. The summed E-state index contributed by atoms with van der Waals surface area (Å²) in [6, 6.07) is 2.43. The van der Waals surface area contributed by atoms with Crippen molar-refractivity contribution < 1.29 is 13.2 Å². The predicted molar refractivity (Wildman–Crippen MR) is 53.6 cm³/mol. The van der Waals surface area contributed by atoms with E-state index in [0.717, 1.165) is 0 Å². The Morgan fingerprint density at radius 1 is 1.60 bits per heavy atom. The first-order valence-electron chi connectivity index (χ1n) is 3.81. The molecule has 0 aliphatic heterocycles. The Kier molecular flexibility index (Phi) is 3.61. The predicted octanol–water partition coefficient (Wildman–Crippen LogP) is -0.501. The molecule has 15 heavy (non-hydrogen) atoms. The van der Waals surface area contributed by atoms with Crippen molar-refractivity contribution >= 4 is 27.5 Å². The molecule has 82 valence electrons. The molecule has 8 heteroatoms. The number of hydrogen-bond acceptors (Lipinski definition) is 4. The fourth-order valence-electron chi connectivity index (χ4n) is 0.801. The summed E-state index contributed by atoms with van der Waals surface area (Å²) in [6.45, 7) is -0.456. The number of pyridine rings is 1. The fourth-order valence-corrected chi connectivity index (χ4v) is 2.05. The molecule has 0 aliphatic carbocycles. The van der Waals surface area contributed by atoms with Gasteiger partial charge in [-0.05, 0) is 12.1 Å². The number of nitrogens with zero attached hydrogens (tertiary/aromatic N) is 1. The molecule has 6 nitrogen and oxygen atoms in total. The smallest absolute Gasteiger partial charge is 0.241 e. The zero-order valence-electron chi connectivity index (χ0n) is 7.47. The first kappa shape index (κ1) is 11.9. The largest absolute Gasteiger partial charge is 0.369 e. The van der Waals surface area contributed by atoms with Gasteiger partial charge < -0.3 is 5.73 Å². The van der Waals surface area contributed by atoms with Crippen LogP contribution in [-0.4, -0.2) is 25.9 Å². The Bertz CT molecular complexity index is 474. The van der Waals surface area contributed by atoms with Gasteiger partial charge in [-0.3, -0.25) is 4.79 Å². The summed E-state index contributed by atoms with van der Waals surface area (Å²) in [7, 11) is -3.75. The summed E-state index contributed by atoms with van der Waals surface area (Å²) in [6.07, 6.45) is 1.25. The second-order valence-electron chi connectivity index (χ2n) is 2.61. The van der Waals surface area contributed by atoms with E-state index < -0.39 is 22.5 Å². The van der Waals surface area contributed by atoms with Crippen LogP contribution in [-0.2, 0) is 14.8 Å². The number of sulfonamides is 1. The highest BCUT2D eigenvalue weighted by Crippen LogP contribution is 2.11. The van der Waals surface area contributed by atoms with E-state index in [0.29, 0.717) is 0 Å². The summed E-state index contributed by atoms with van der Waals surface area (Å²) >= 11 is 5.52. The van der Waals surface area contributed by atoms with Crippen LogP contribution in [0.4, 0.5) is 0 Å². The molecule has 1 aromatic heterocycles. The number of primary amides is 1. The number of rotatable bonds is 4. The van der Waals surface area contributed by atoms with Crippen molar-refractivity contribution in [3.05, 3.63) is 23.5 Å². The van der Waals surface area contributed by atoms with Crippen LogP contribution in [0.5, 0.6) is 0 Å².